The second-order valence-corrected chi connectivity index (χ2v) is 4.40. The Balaban J connectivity index is 2.63. The van der Waals surface area contributed by atoms with E-state index in [1.807, 2.05) is 19.3 Å². The van der Waals surface area contributed by atoms with Gasteiger partial charge < -0.3 is 4.57 Å². The summed E-state index contributed by atoms with van der Waals surface area (Å²) in [5.41, 5.74) is 2.14. The van der Waals surface area contributed by atoms with Crippen LogP contribution in [0.25, 0.3) is 21.9 Å². The van der Waals surface area contributed by atoms with Crippen molar-refractivity contribution in [1.82, 2.24) is 14.5 Å². The molecule has 3 aromatic rings. The molecule has 0 aliphatic heterocycles. The van der Waals surface area contributed by atoms with Gasteiger partial charge in [0.15, 0.2) is 0 Å². The van der Waals surface area contributed by atoms with Crippen LogP contribution in [0.15, 0.2) is 35.2 Å². The fourth-order valence-corrected chi connectivity index (χ4v) is 2.25. The van der Waals surface area contributed by atoms with Gasteiger partial charge >= 0.3 is 0 Å². The van der Waals surface area contributed by atoms with E-state index in [0.717, 1.165) is 15.5 Å². The molecule has 0 bridgehead atoms. The minimum atomic E-state index is 0.970. The van der Waals surface area contributed by atoms with Crippen molar-refractivity contribution in [2.45, 2.75) is 0 Å². The molecule has 0 amide bonds. The zero-order valence-electron chi connectivity index (χ0n) is 8.11. The lowest BCUT2D eigenvalue weighted by molar-refractivity contribution is 0.982. The Morgan fingerprint density at radius 3 is 3.00 bits per heavy atom. The molecule has 3 nitrogen and oxygen atoms in total. The Hall–Kier alpha value is -1.42. The van der Waals surface area contributed by atoms with Crippen LogP contribution in [0, 0.1) is 0 Å². The first-order valence-corrected chi connectivity index (χ1v) is 5.40. The summed E-state index contributed by atoms with van der Waals surface area (Å²) in [4.78, 5) is 8.35. The summed E-state index contributed by atoms with van der Waals surface area (Å²) in [6.45, 7) is 0. The van der Waals surface area contributed by atoms with Gasteiger partial charge in [-0.3, -0.25) is 0 Å². The molecule has 0 spiro atoms. The van der Waals surface area contributed by atoms with Crippen molar-refractivity contribution in [3.63, 3.8) is 0 Å². The highest BCUT2D eigenvalue weighted by atomic mass is 79.9. The molecule has 0 saturated heterocycles. The molecule has 1 aromatic carbocycles. The molecule has 0 radical (unpaired) electrons. The fourth-order valence-electron chi connectivity index (χ4n) is 1.90. The highest BCUT2D eigenvalue weighted by molar-refractivity contribution is 9.10. The summed E-state index contributed by atoms with van der Waals surface area (Å²) in [5, 5.41) is 2.29. The van der Waals surface area contributed by atoms with Crippen LogP contribution in [0.4, 0.5) is 0 Å². The SMILES string of the molecule is Cn1c2cc(Br)ccc2c2cncnc21. The van der Waals surface area contributed by atoms with Crippen LogP contribution in [0.3, 0.4) is 0 Å². The van der Waals surface area contributed by atoms with E-state index >= 15 is 0 Å². The van der Waals surface area contributed by atoms with Gasteiger partial charge in [0.1, 0.15) is 12.0 Å². The summed E-state index contributed by atoms with van der Waals surface area (Å²) in [7, 11) is 2.02. The molecule has 74 valence electrons. The number of hydrogen-bond acceptors (Lipinski definition) is 2. The zero-order valence-corrected chi connectivity index (χ0v) is 9.69. The molecule has 2 heterocycles. The maximum atomic E-state index is 4.28. The van der Waals surface area contributed by atoms with Gasteiger partial charge in [-0.2, -0.15) is 0 Å². The second-order valence-electron chi connectivity index (χ2n) is 3.48. The van der Waals surface area contributed by atoms with Crippen molar-refractivity contribution in [3.8, 4) is 0 Å². The van der Waals surface area contributed by atoms with E-state index in [9.17, 15) is 0 Å². The number of halogens is 1. The van der Waals surface area contributed by atoms with Crippen LogP contribution in [-0.4, -0.2) is 14.5 Å². The summed E-state index contributed by atoms with van der Waals surface area (Å²) in [6.07, 6.45) is 3.44. The van der Waals surface area contributed by atoms with Crippen molar-refractivity contribution >= 4 is 37.9 Å². The van der Waals surface area contributed by atoms with Gasteiger partial charge in [-0.1, -0.05) is 22.0 Å². The molecular weight excluding hydrogens is 254 g/mol. The van der Waals surface area contributed by atoms with Crippen molar-refractivity contribution < 1.29 is 0 Å². The number of fused-ring (bicyclic) bond motifs is 3. The molecule has 0 fully saturated rings. The number of benzene rings is 1. The molecule has 4 heteroatoms. The predicted octanol–water partition coefficient (Wildman–Crippen LogP) is 2.88. The average molecular weight is 262 g/mol. The second kappa shape index (κ2) is 3.03. The first kappa shape index (κ1) is 8.85. The van der Waals surface area contributed by atoms with E-state index in [1.54, 1.807) is 6.33 Å². The first-order chi connectivity index (χ1) is 7.27. The van der Waals surface area contributed by atoms with Gasteiger partial charge in [0.2, 0.25) is 0 Å². The van der Waals surface area contributed by atoms with E-state index in [0.29, 0.717) is 0 Å². The standard InChI is InChI=1S/C11H8BrN3/c1-15-10-4-7(12)2-3-8(10)9-5-13-6-14-11(9)15/h2-6H,1H3. The smallest absolute Gasteiger partial charge is 0.144 e. The number of aromatic nitrogens is 3. The van der Waals surface area contributed by atoms with Gasteiger partial charge in [0.25, 0.3) is 0 Å². The topological polar surface area (TPSA) is 30.7 Å². The number of hydrogen-bond donors (Lipinski definition) is 0. The van der Waals surface area contributed by atoms with Crippen LogP contribution in [-0.2, 0) is 7.05 Å². The average Bonchev–Trinajstić information content (AvgIpc) is 2.54. The molecule has 15 heavy (non-hydrogen) atoms. The molecule has 2 aromatic heterocycles. The van der Waals surface area contributed by atoms with Crippen LogP contribution in [0.5, 0.6) is 0 Å². The van der Waals surface area contributed by atoms with Crippen LogP contribution >= 0.6 is 15.9 Å². The number of aryl methyl sites for hydroxylation is 1. The Labute approximate surface area is 94.9 Å². The Kier molecular flexibility index (Phi) is 1.79. The third-order valence-electron chi connectivity index (χ3n) is 2.62. The first-order valence-electron chi connectivity index (χ1n) is 4.61. The fraction of sp³-hybridized carbons (Fsp3) is 0.0909. The third kappa shape index (κ3) is 1.18. The van der Waals surface area contributed by atoms with Crippen molar-refractivity contribution in [2.75, 3.05) is 0 Å². The number of nitrogens with zero attached hydrogens (tertiary/aromatic N) is 3. The third-order valence-corrected chi connectivity index (χ3v) is 3.11. The Bertz CT molecular complexity index is 657. The van der Waals surface area contributed by atoms with E-state index < -0.39 is 0 Å². The van der Waals surface area contributed by atoms with Gasteiger partial charge in [-0.15, -0.1) is 0 Å². The number of rotatable bonds is 0. The van der Waals surface area contributed by atoms with Crippen molar-refractivity contribution in [1.29, 1.82) is 0 Å². The summed E-state index contributed by atoms with van der Waals surface area (Å²) >= 11 is 3.47. The molecule has 0 aliphatic carbocycles. The highest BCUT2D eigenvalue weighted by Gasteiger charge is 2.08. The minimum Gasteiger partial charge on any atom is -0.328 e. The lowest BCUT2D eigenvalue weighted by atomic mass is 10.2. The highest BCUT2D eigenvalue weighted by Crippen LogP contribution is 2.27. The van der Waals surface area contributed by atoms with Gasteiger partial charge in [-0.05, 0) is 12.1 Å². The van der Waals surface area contributed by atoms with E-state index in [4.69, 9.17) is 0 Å². The zero-order chi connectivity index (χ0) is 10.4. The van der Waals surface area contributed by atoms with Gasteiger partial charge in [0, 0.05) is 28.5 Å². The molecule has 3 rings (SSSR count). The van der Waals surface area contributed by atoms with Gasteiger partial charge in [0.05, 0.1) is 5.52 Å². The largest absolute Gasteiger partial charge is 0.328 e. The maximum Gasteiger partial charge on any atom is 0.144 e. The summed E-state index contributed by atoms with van der Waals surface area (Å²) < 4.78 is 3.16. The van der Waals surface area contributed by atoms with Crippen molar-refractivity contribution in [3.05, 3.63) is 35.2 Å². The van der Waals surface area contributed by atoms with E-state index in [-0.39, 0.29) is 0 Å². The maximum absolute atomic E-state index is 4.28. The van der Waals surface area contributed by atoms with Crippen LogP contribution < -0.4 is 0 Å². The van der Waals surface area contributed by atoms with E-state index in [1.165, 1.54) is 10.9 Å². The molecule has 0 saturated carbocycles. The predicted molar refractivity (Wildman–Crippen MR) is 63.7 cm³/mol. The molecule has 0 atom stereocenters. The van der Waals surface area contributed by atoms with Crippen LogP contribution in [0.1, 0.15) is 0 Å². The summed E-state index contributed by atoms with van der Waals surface area (Å²) in [6, 6.07) is 6.22. The minimum absolute atomic E-state index is 0.970. The lowest BCUT2D eigenvalue weighted by Crippen LogP contribution is -1.89. The molecule has 0 unspecified atom stereocenters. The monoisotopic (exact) mass is 261 g/mol. The van der Waals surface area contributed by atoms with Crippen molar-refractivity contribution in [2.24, 2.45) is 7.05 Å². The summed E-state index contributed by atoms with van der Waals surface area (Å²) in [5.74, 6) is 0. The Morgan fingerprint density at radius 2 is 2.13 bits per heavy atom. The van der Waals surface area contributed by atoms with Gasteiger partial charge in [-0.25, -0.2) is 9.97 Å². The quantitative estimate of drug-likeness (QED) is 0.623. The lowest BCUT2D eigenvalue weighted by Gasteiger charge is -1.96. The Morgan fingerprint density at radius 1 is 1.27 bits per heavy atom. The van der Waals surface area contributed by atoms with Crippen LogP contribution in [0.2, 0.25) is 0 Å². The molecule has 0 N–H and O–H groups in total. The normalized spacial score (nSPS) is 11.3. The van der Waals surface area contributed by atoms with E-state index in [2.05, 4.69) is 42.6 Å². The molecular formula is C11H8BrN3. The molecule has 0 aliphatic rings.